The van der Waals surface area contributed by atoms with E-state index in [-0.39, 0.29) is 5.41 Å². The van der Waals surface area contributed by atoms with Gasteiger partial charge in [0.15, 0.2) is 0 Å². The summed E-state index contributed by atoms with van der Waals surface area (Å²) in [6.07, 6.45) is 16.6. The first-order valence-corrected chi connectivity index (χ1v) is 17.7. The molecule has 7 aromatic rings. The highest BCUT2D eigenvalue weighted by molar-refractivity contribution is 6.26. The van der Waals surface area contributed by atoms with Gasteiger partial charge >= 0.3 is 0 Å². The minimum absolute atomic E-state index is 0.103. The Kier molecular flexibility index (Phi) is 7.16. The van der Waals surface area contributed by atoms with E-state index in [2.05, 4.69) is 190 Å². The zero-order chi connectivity index (χ0) is 33.8. The van der Waals surface area contributed by atoms with E-state index in [1.807, 2.05) is 0 Å². The molecule has 0 aliphatic heterocycles. The lowest BCUT2D eigenvalue weighted by Gasteiger charge is -2.29. The maximum absolute atomic E-state index is 4.03. The van der Waals surface area contributed by atoms with E-state index >= 15 is 0 Å². The van der Waals surface area contributed by atoms with Crippen LogP contribution in [0.5, 0.6) is 0 Å². The lowest BCUT2D eigenvalue weighted by atomic mass is 9.75. The Labute approximate surface area is 294 Å². The zero-order valence-corrected chi connectivity index (χ0v) is 28.8. The number of rotatable bonds is 5. The number of allylic oxidation sites excluding steroid dienone is 8. The summed E-state index contributed by atoms with van der Waals surface area (Å²) in [5.41, 5.74) is 15.0. The largest absolute Gasteiger partial charge is 0.103 e. The van der Waals surface area contributed by atoms with Crippen LogP contribution >= 0.6 is 0 Å². The molecule has 238 valence electrons. The molecule has 7 aromatic carbocycles. The molecule has 0 heterocycles. The quantitative estimate of drug-likeness (QED) is 0.130. The van der Waals surface area contributed by atoms with Gasteiger partial charge in [-0.1, -0.05) is 153 Å². The van der Waals surface area contributed by atoms with Gasteiger partial charge in [0.2, 0.25) is 0 Å². The third-order valence-electron chi connectivity index (χ3n) is 10.8. The van der Waals surface area contributed by atoms with Crippen molar-refractivity contribution in [2.45, 2.75) is 32.6 Å². The summed E-state index contributed by atoms with van der Waals surface area (Å²) >= 11 is 0. The molecule has 0 radical (unpaired) electrons. The van der Waals surface area contributed by atoms with Crippen LogP contribution in [-0.2, 0) is 5.41 Å². The van der Waals surface area contributed by atoms with Crippen molar-refractivity contribution in [2.75, 3.05) is 0 Å². The van der Waals surface area contributed by atoms with E-state index in [4.69, 9.17) is 0 Å². The SMILES string of the molecule is C/C=C\C(=C/C)c1cc(C2=c3ccccc3=C=C(c3cc4cccc5ccc6cccc3c6c54)c3ccccc32)cc(C2(C)C=CC=CC2)c1. The summed E-state index contributed by atoms with van der Waals surface area (Å²) in [5, 5.41) is 10.1. The molecule has 0 saturated carbocycles. The fraction of sp³-hybridized carbons (Fsp3) is 0.100. The highest BCUT2D eigenvalue weighted by Crippen LogP contribution is 2.43. The van der Waals surface area contributed by atoms with Gasteiger partial charge in [-0.3, -0.25) is 0 Å². The molecule has 0 amide bonds. The molecule has 0 heteroatoms. The van der Waals surface area contributed by atoms with Gasteiger partial charge in [0.25, 0.3) is 0 Å². The van der Waals surface area contributed by atoms with Crippen molar-refractivity contribution in [3.8, 4) is 0 Å². The van der Waals surface area contributed by atoms with E-state index in [9.17, 15) is 0 Å². The topological polar surface area (TPSA) is 0 Å². The van der Waals surface area contributed by atoms with Crippen LogP contribution in [0.15, 0.2) is 164 Å². The first-order valence-electron chi connectivity index (χ1n) is 17.7. The molecule has 0 nitrogen and oxygen atoms in total. The van der Waals surface area contributed by atoms with Gasteiger partial charge in [-0.05, 0) is 121 Å². The Bertz CT molecular complexity index is 2790. The molecule has 1 atom stereocenters. The van der Waals surface area contributed by atoms with E-state index < -0.39 is 0 Å². The summed E-state index contributed by atoms with van der Waals surface area (Å²) in [4.78, 5) is 0. The third-order valence-corrected chi connectivity index (χ3v) is 10.8. The van der Waals surface area contributed by atoms with Gasteiger partial charge in [-0.25, -0.2) is 0 Å². The smallest absolute Gasteiger partial charge is 0.0328 e. The van der Waals surface area contributed by atoms with Gasteiger partial charge < -0.3 is 0 Å². The number of hydrogen-bond acceptors (Lipinski definition) is 0. The van der Waals surface area contributed by atoms with Gasteiger partial charge in [-0.15, -0.1) is 5.73 Å². The molecule has 1 unspecified atom stereocenters. The van der Waals surface area contributed by atoms with Crippen LogP contribution in [0.2, 0.25) is 0 Å². The van der Waals surface area contributed by atoms with Crippen LogP contribution in [0.25, 0.3) is 54.8 Å². The Morgan fingerprint density at radius 3 is 2.24 bits per heavy atom. The molecule has 50 heavy (non-hydrogen) atoms. The molecule has 0 aromatic heterocycles. The Hall–Kier alpha value is -5.94. The maximum atomic E-state index is 4.03. The molecule has 0 N–H and O–H groups in total. The standard InChI is InChI=1S/C50H38/c1-4-15-33(5-2)38-28-39(30-40(29-38)50(3)26-11-6-12-27-50)48-41-20-8-7-16-36(41)31-45(42-21-9-10-22-43(42)48)46-32-37-19-13-17-34-24-25-35-18-14-23-44(46)49(35)47(34)37/h4-26,28-30,32H,27H2,1-3H3/b15-4-,33-5+. The first kappa shape index (κ1) is 30.1. The lowest BCUT2D eigenvalue weighted by Crippen LogP contribution is -2.26. The van der Waals surface area contributed by atoms with Crippen molar-refractivity contribution in [2.24, 2.45) is 0 Å². The van der Waals surface area contributed by atoms with Crippen LogP contribution in [0, 0.1) is 0 Å². The number of benzene rings is 7. The van der Waals surface area contributed by atoms with Crippen molar-refractivity contribution in [3.05, 3.63) is 208 Å². The van der Waals surface area contributed by atoms with Gasteiger partial charge in [-0.2, -0.15) is 0 Å². The van der Waals surface area contributed by atoms with Crippen LogP contribution in [0.1, 0.15) is 60.6 Å². The Morgan fingerprint density at radius 2 is 1.44 bits per heavy atom. The van der Waals surface area contributed by atoms with Crippen LogP contribution in [-0.4, -0.2) is 0 Å². The van der Waals surface area contributed by atoms with Crippen molar-refractivity contribution in [3.63, 3.8) is 0 Å². The monoisotopic (exact) mass is 638 g/mol. The summed E-state index contributed by atoms with van der Waals surface area (Å²) < 4.78 is 0. The normalized spacial score (nSPS) is 17.3. The van der Waals surface area contributed by atoms with Crippen LogP contribution in [0.4, 0.5) is 0 Å². The van der Waals surface area contributed by atoms with E-state index in [0.717, 1.165) is 17.2 Å². The average Bonchev–Trinajstić information content (AvgIpc) is 3.31. The lowest BCUT2D eigenvalue weighted by molar-refractivity contribution is 0.599. The summed E-state index contributed by atoms with van der Waals surface area (Å²) in [7, 11) is 0. The van der Waals surface area contributed by atoms with Crippen molar-refractivity contribution < 1.29 is 0 Å². The molecule has 0 fully saturated rings. The fourth-order valence-electron chi connectivity index (χ4n) is 8.32. The Morgan fingerprint density at radius 1 is 0.680 bits per heavy atom. The second-order valence-corrected chi connectivity index (χ2v) is 13.9. The number of fused-ring (bicyclic) bond motifs is 2. The summed E-state index contributed by atoms with van der Waals surface area (Å²) in [6.45, 7) is 6.60. The van der Waals surface area contributed by atoms with Crippen molar-refractivity contribution >= 4 is 54.8 Å². The third kappa shape index (κ3) is 4.76. The molecule has 0 bridgehead atoms. The predicted molar refractivity (Wildman–Crippen MR) is 215 cm³/mol. The summed E-state index contributed by atoms with van der Waals surface area (Å²) in [5.74, 6) is 0. The van der Waals surface area contributed by atoms with Gasteiger partial charge in [0.05, 0.1) is 0 Å². The van der Waals surface area contributed by atoms with E-state index in [0.29, 0.717) is 0 Å². The molecular weight excluding hydrogens is 601 g/mol. The summed E-state index contributed by atoms with van der Waals surface area (Å²) in [6, 6.07) is 45.4. The zero-order valence-electron chi connectivity index (χ0n) is 28.8. The highest BCUT2D eigenvalue weighted by Gasteiger charge is 2.27. The number of hydrogen-bond donors (Lipinski definition) is 0. The minimum Gasteiger partial charge on any atom is -0.103 e. The van der Waals surface area contributed by atoms with Crippen LogP contribution < -0.4 is 10.4 Å². The second kappa shape index (κ2) is 11.9. The van der Waals surface area contributed by atoms with Crippen molar-refractivity contribution in [1.29, 1.82) is 0 Å². The molecule has 2 aliphatic carbocycles. The molecular formula is C50H38. The minimum atomic E-state index is -0.103. The van der Waals surface area contributed by atoms with Crippen molar-refractivity contribution in [1.82, 2.24) is 0 Å². The molecule has 2 aliphatic rings. The molecule has 0 spiro atoms. The average molecular weight is 639 g/mol. The Balaban J connectivity index is 1.40. The van der Waals surface area contributed by atoms with E-state index in [1.54, 1.807) is 0 Å². The molecule has 9 rings (SSSR count). The first-order chi connectivity index (χ1) is 24.6. The predicted octanol–water partition coefficient (Wildman–Crippen LogP) is 11.4. The maximum Gasteiger partial charge on any atom is 0.0328 e. The molecule has 0 saturated heterocycles. The van der Waals surface area contributed by atoms with Crippen LogP contribution in [0.3, 0.4) is 0 Å². The fourth-order valence-corrected chi connectivity index (χ4v) is 8.32. The van der Waals surface area contributed by atoms with Gasteiger partial charge in [0.1, 0.15) is 0 Å². The van der Waals surface area contributed by atoms with Gasteiger partial charge in [0, 0.05) is 16.2 Å². The van der Waals surface area contributed by atoms with E-state index in [1.165, 1.54) is 82.1 Å². The highest BCUT2D eigenvalue weighted by atomic mass is 14.3. The second-order valence-electron chi connectivity index (χ2n) is 13.9.